The van der Waals surface area contributed by atoms with Crippen LogP contribution in [-0.4, -0.2) is 23.9 Å². The van der Waals surface area contributed by atoms with E-state index in [9.17, 15) is 18.9 Å². The van der Waals surface area contributed by atoms with Crippen LogP contribution in [0.4, 0.5) is 20.2 Å². The van der Waals surface area contributed by atoms with Gasteiger partial charge in [0, 0.05) is 25.9 Å². The third-order valence-electron chi connectivity index (χ3n) is 2.98. The summed E-state index contributed by atoms with van der Waals surface area (Å²) in [6, 6.07) is 4.83. The molecule has 0 amide bonds. The van der Waals surface area contributed by atoms with E-state index in [1.807, 2.05) is 0 Å². The van der Waals surface area contributed by atoms with Crippen LogP contribution >= 0.6 is 15.9 Å². The number of halogens is 3. The van der Waals surface area contributed by atoms with Crippen molar-refractivity contribution < 1.29 is 13.7 Å². The van der Waals surface area contributed by atoms with Gasteiger partial charge in [-0.05, 0) is 28.1 Å². The molecule has 0 saturated carbocycles. The van der Waals surface area contributed by atoms with Gasteiger partial charge in [-0.2, -0.15) is 0 Å². The molecule has 1 fully saturated rings. The second-order valence-corrected chi connectivity index (χ2v) is 5.06. The normalized spacial score (nSPS) is 18.7. The van der Waals surface area contributed by atoms with Crippen molar-refractivity contribution >= 4 is 27.3 Å². The summed E-state index contributed by atoms with van der Waals surface area (Å²) < 4.78 is 26.5. The summed E-state index contributed by atoms with van der Waals surface area (Å²) in [6.45, 7) is 0.259. The zero-order valence-corrected chi connectivity index (χ0v) is 11.0. The molecule has 18 heavy (non-hydrogen) atoms. The van der Waals surface area contributed by atoms with Crippen molar-refractivity contribution in [3.8, 4) is 0 Å². The SMILES string of the molecule is O=[N+]([O-])c1c(Br)cccc1N1CCC(F)(F)CC1. The Kier molecular flexibility index (Phi) is 3.52. The first-order chi connectivity index (χ1) is 8.41. The lowest BCUT2D eigenvalue weighted by atomic mass is 10.1. The van der Waals surface area contributed by atoms with Gasteiger partial charge in [0.2, 0.25) is 0 Å². The lowest BCUT2D eigenvalue weighted by Gasteiger charge is -2.33. The van der Waals surface area contributed by atoms with E-state index in [2.05, 4.69) is 15.9 Å². The number of benzene rings is 1. The van der Waals surface area contributed by atoms with Gasteiger partial charge in [0.25, 0.3) is 5.92 Å². The molecular formula is C11H11BrF2N2O2. The number of anilines is 1. The Hall–Kier alpha value is -1.24. The smallest absolute Gasteiger partial charge is 0.306 e. The maximum absolute atomic E-state index is 13.1. The number of rotatable bonds is 2. The molecule has 1 saturated heterocycles. The van der Waals surface area contributed by atoms with Gasteiger partial charge in [0.1, 0.15) is 5.69 Å². The Morgan fingerprint density at radius 3 is 2.50 bits per heavy atom. The van der Waals surface area contributed by atoms with Crippen molar-refractivity contribution in [3.05, 3.63) is 32.8 Å². The quantitative estimate of drug-likeness (QED) is 0.618. The summed E-state index contributed by atoms with van der Waals surface area (Å²) >= 11 is 3.12. The Labute approximate surface area is 111 Å². The number of hydrogen-bond donors (Lipinski definition) is 0. The first-order valence-corrected chi connectivity index (χ1v) is 6.26. The maximum Gasteiger partial charge on any atom is 0.306 e. The summed E-state index contributed by atoms with van der Waals surface area (Å²) in [5, 5.41) is 11.0. The Bertz CT molecular complexity index is 472. The molecule has 4 nitrogen and oxygen atoms in total. The number of para-hydroxylation sites is 1. The topological polar surface area (TPSA) is 46.4 Å². The number of nitro groups is 1. The second-order valence-electron chi connectivity index (χ2n) is 4.21. The third-order valence-corrected chi connectivity index (χ3v) is 3.62. The van der Waals surface area contributed by atoms with E-state index in [0.717, 1.165) is 0 Å². The predicted molar refractivity (Wildman–Crippen MR) is 67.2 cm³/mol. The average Bonchev–Trinajstić information content (AvgIpc) is 2.28. The van der Waals surface area contributed by atoms with Gasteiger partial charge in [-0.15, -0.1) is 0 Å². The summed E-state index contributed by atoms with van der Waals surface area (Å²) in [5.41, 5.74) is 0.326. The van der Waals surface area contributed by atoms with Crippen molar-refractivity contribution in [3.63, 3.8) is 0 Å². The van der Waals surface area contributed by atoms with Crippen LogP contribution in [0.1, 0.15) is 12.8 Å². The second kappa shape index (κ2) is 4.79. The minimum absolute atomic E-state index is 0.0669. The molecule has 1 heterocycles. The van der Waals surface area contributed by atoms with Crippen LogP contribution in [0.15, 0.2) is 22.7 Å². The molecule has 1 aliphatic rings. The van der Waals surface area contributed by atoms with E-state index in [1.54, 1.807) is 23.1 Å². The molecule has 0 unspecified atom stereocenters. The highest BCUT2D eigenvalue weighted by molar-refractivity contribution is 9.10. The van der Waals surface area contributed by atoms with Gasteiger partial charge in [0.15, 0.2) is 0 Å². The predicted octanol–water partition coefficient (Wildman–Crippen LogP) is 3.59. The number of alkyl halides is 2. The first-order valence-electron chi connectivity index (χ1n) is 5.46. The first kappa shape index (κ1) is 13.2. The molecule has 1 aromatic carbocycles. The maximum atomic E-state index is 13.1. The van der Waals surface area contributed by atoms with Gasteiger partial charge in [-0.25, -0.2) is 8.78 Å². The molecule has 2 rings (SSSR count). The largest absolute Gasteiger partial charge is 0.366 e. The molecule has 0 N–H and O–H groups in total. The standard InChI is InChI=1S/C11H11BrF2N2O2/c12-8-2-1-3-9(10(8)16(17)18)15-6-4-11(13,14)5-7-15/h1-3H,4-7H2. The molecule has 0 bridgehead atoms. The van der Waals surface area contributed by atoms with Crippen LogP contribution in [0, 0.1) is 10.1 Å². The van der Waals surface area contributed by atoms with E-state index in [1.165, 1.54) is 0 Å². The van der Waals surface area contributed by atoms with Crippen LogP contribution in [-0.2, 0) is 0 Å². The number of hydrogen-bond acceptors (Lipinski definition) is 3. The van der Waals surface area contributed by atoms with Crippen molar-refractivity contribution in [2.45, 2.75) is 18.8 Å². The van der Waals surface area contributed by atoms with Crippen LogP contribution in [0.2, 0.25) is 0 Å². The fourth-order valence-electron chi connectivity index (χ4n) is 2.01. The van der Waals surface area contributed by atoms with E-state index in [4.69, 9.17) is 0 Å². The number of nitro benzene ring substituents is 1. The molecule has 0 radical (unpaired) electrons. The van der Waals surface area contributed by atoms with Crippen LogP contribution in [0.25, 0.3) is 0 Å². The molecule has 98 valence electrons. The fourth-order valence-corrected chi connectivity index (χ4v) is 2.52. The highest BCUT2D eigenvalue weighted by atomic mass is 79.9. The van der Waals surface area contributed by atoms with Gasteiger partial charge in [-0.3, -0.25) is 10.1 Å². The zero-order valence-electron chi connectivity index (χ0n) is 9.41. The lowest BCUT2D eigenvalue weighted by Crippen LogP contribution is -2.39. The summed E-state index contributed by atoms with van der Waals surface area (Å²) in [7, 11) is 0. The van der Waals surface area contributed by atoms with Gasteiger partial charge < -0.3 is 4.90 Å². The molecule has 0 aliphatic carbocycles. The van der Waals surface area contributed by atoms with Crippen LogP contribution in [0.3, 0.4) is 0 Å². The molecule has 0 spiro atoms. The average molecular weight is 321 g/mol. The minimum Gasteiger partial charge on any atom is -0.366 e. The monoisotopic (exact) mass is 320 g/mol. The van der Waals surface area contributed by atoms with E-state index < -0.39 is 10.8 Å². The molecule has 0 aromatic heterocycles. The van der Waals surface area contributed by atoms with Gasteiger partial charge >= 0.3 is 5.69 Å². The molecule has 0 atom stereocenters. The number of nitrogens with zero attached hydrogens (tertiary/aromatic N) is 2. The third kappa shape index (κ3) is 2.60. The lowest BCUT2D eigenvalue weighted by molar-refractivity contribution is -0.385. The highest BCUT2D eigenvalue weighted by Crippen LogP contribution is 2.38. The van der Waals surface area contributed by atoms with Crippen molar-refractivity contribution in [2.75, 3.05) is 18.0 Å². The Morgan fingerprint density at radius 1 is 1.33 bits per heavy atom. The Morgan fingerprint density at radius 2 is 1.94 bits per heavy atom. The van der Waals surface area contributed by atoms with Crippen LogP contribution < -0.4 is 4.90 Å². The molecule has 1 aromatic rings. The van der Waals surface area contributed by atoms with Crippen LogP contribution in [0.5, 0.6) is 0 Å². The molecular weight excluding hydrogens is 310 g/mol. The minimum atomic E-state index is -2.66. The van der Waals surface area contributed by atoms with E-state index in [-0.39, 0.29) is 31.6 Å². The summed E-state index contributed by atoms with van der Waals surface area (Å²) in [4.78, 5) is 12.2. The van der Waals surface area contributed by atoms with E-state index in [0.29, 0.717) is 10.2 Å². The number of piperidine rings is 1. The Balaban J connectivity index is 2.30. The van der Waals surface area contributed by atoms with Gasteiger partial charge in [0.05, 0.1) is 9.40 Å². The van der Waals surface area contributed by atoms with Crippen molar-refractivity contribution in [1.29, 1.82) is 0 Å². The molecule has 1 aliphatic heterocycles. The van der Waals surface area contributed by atoms with Gasteiger partial charge in [-0.1, -0.05) is 6.07 Å². The summed E-state index contributed by atoms with van der Waals surface area (Å²) in [5.74, 6) is -2.66. The van der Waals surface area contributed by atoms with Crippen molar-refractivity contribution in [1.82, 2.24) is 0 Å². The summed E-state index contributed by atoms with van der Waals surface area (Å²) in [6.07, 6.45) is -0.534. The zero-order chi connectivity index (χ0) is 13.3. The molecule has 7 heteroatoms. The fraction of sp³-hybridized carbons (Fsp3) is 0.455. The van der Waals surface area contributed by atoms with Crippen molar-refractivity contribution in [2.24, 2.45) is 0 Å². The van der Waals surface area contributed by atoms with E-state index >= 15 is 0 Å². The highest BCUT2D eigenvalue weighted by Gasteiger charge is 2.36.